The highest BCUT2D eigenvalue weighted by Crippen LogP contribution is 2.27. The zero-order valence-corrected chi connectivity index (χ0v) is 13.4. The van der Waals surface area contributed by atoms with E-state index in [4.69, 9.17) is 16.3 Å². The monoisotopic (exact) mass is 338 g/mol. The lowest BCUT2D eigenvalue weighted by atomic mass is 10.1. The third kappa shape index (κ3) is 3.52. The van der Waals surface area contributed by atoms with Crippen molar-refractivity contribution in [3.8, 4) is 5.75 Å². The summed E-state index contributed by atoms with van der Waals surface area (Å²) >= 11 is 9.71. The van der Waals surface area contributed by atoms with Crippen molar-refractivity contribution in [3.05, 3.63) is 63.7 Å². The average molecular weight is 340 g/mol. The van der Waals surface area contributed by atoms with Crippen molar-refractivity contribution in [1.29, 1.82) is 0 Å². The standard InChI is InChI=1S/C16H16BrClO/c1-11-6-7-14(15(18)8-11)10-19-16-12(2)4-3-5-13(16)9-17/h3-8H,9-10H2,1-2H3. The number of alkyl halides is 1. The van der Waals surface area contributed by atoms with Crippen LogP contribution in [0.4, 0.5) is 0 Å². The molecular formula is C16H16BrClO. The molecule has 19 heavy (non-hydrogen) atoms. The Balaban J connectivity index is 2.19. The van der Waals surface area contributed by atoms with Crippen molar-refractivity contribution < 1.29 is 4.74 Å². The van der Waals surface area contributed by atoms with Gasteiger partial charge in [0.2, 0.25) is 0 Å². The van der Waals surface area contributed by atoms with Gasteiger partial charge in [-0.15, -0.1) is 0 Å². The third-order valence-electron chi connectivity index (χ3n) is 3.02. The van der Waals surface area contributed by atoms with Crippen molar-refractivity contribution in [2.75, 3.05) is 0 Å². The molecule has 0 N–H and O–H groups in total. The summed E-state index contributed by atoms with van der Waals surface area (Å²) in [5.74, 6) is 0.941. The molecule has 2 aromatic rings. The number of rotatable bonds is 4. The summed E-state index contributed by atoms with van der Waals surface area (Å²) in [5, 5.41) is 1.54. The van der Waals surface area contributed by atoms with Crippen LogP contribution in [0.25, 0.3) is 0 Å². The van der Waals surface area contributed by atoms with E-state index in [0.29, 0.717) is 6.61 Å². The van der Waals surface area contributed by atoms with Crippen molar-refractivity contribution >= 4 is 27.5 Å². The molecule has 0 aliphatic heterocycles. The van der Waals surface area contributed by atoms with Gasteiger partial charge in [-0.25, -0.2) is 0 Å². The highest BCUT2D eigenvalue weighted by Gasteiger charge is 2.07. The number of hydrogen-bond donors (Lipinski definition) is 0. The lowest BCUT2D eigenvalue weighted by Crippen LogP contribution is -2.00. The number of aryl methyl sites for hydroxylation is 2. The van der Waals surface area contributed by atoms with Gasteiger partial charge in [0.05, 0.1) is 0 Å². The van der Waals surface area contributed by atoms with Gasteiger partial charge < -0.3 is 4.74 Å². The van der Waals surface area contributed by atoms with Gasteiger partial charge in [0.15, 0.2) is 0 Å². The minimum atomic E-state index is 0.490. The van der Waals surface area contributed by atoms with Gasteiger partial charge in [-0.3, -0.25) is 0 Å². The van der Waals surface area contributed by atoms with Crippen molar-refractivity contribution in [2.24, 2.45) is 0 Å². The van der Waals surface area contributed by atoms with E-state index in [0.717, 1.165) is 38.4 Å². The molecule has 0 saturated heterocycles. The second-order valence-corrected chi connectivity index (χ2v) is 5.55. The summed E-state index contributed by atoms with van der Waals surface area (Å²) in [7, 11) is 0. The minimum Gasteiger partial charge on any atom is -0.488 e. The van der Waals surface area contributed by atoms with E-state index >= 15 is 0 Å². The molecule has 2 rings (SSSR count). The molecule has 0 heterocycles. The third-order valence-corrected chi connectivity index (χ3v) is 3.97. The first-order valence-electron chi connectivity index (χ1n) is 6.14. The Labute approximate surface area is 127 Å². The molecule has 0 unspecified atom stereocenters. The molecule has 0 atom stereocenters. The van der Waals surface area contributed by atoms with Gasteiger partial charge in [0, 0.05) is 21.5 Å². The number of hydrogen-bond acceptors (Lipinski definition) is 1. The predicted octanol–water partition coefficient (Wildman–Crippen LogP) is 5.43. The van der Waals surface area contributed by atoms with E-state index in [1.807, 2.05) is 31.2 Å². The van der Waals surface area contributed by atoms with Crippen LogP contribution in [0.5, 0.6) is 5.75 Å². The topological polar surface area (TPSA) is 9.23 Å². The molecule has 0 aromatic heterocycles. The van der Waals surface area contributed by atoms with Crippen LogP contribution < -0.4 is 4.74 Å². The first-order chi connectivity index (χ1) is 9.11. The zero-order chi connectivity index (χ0) is 13.8. The Morgan fingerprint density at radius 3 is 2.58 bits per heavy atom. The van der Waals surface area contributed by atoms with E-state index in [-0.39, 0.29) is 0 Å². The summed E-state index contributed by atoms with van der Waals surface area (Å²) < 4.78 is 5.95. The van der Waals surface area contributed by atoms with Gasteiger partial charge >= 0.3 is 0 Å². The van der Waals surface area contributed by atoms with Crippen LogP contribution in [0.1, 0.15) is 22.3 Å². The van der Waals surface area contributed by atoms with Gasteiger partial charge in [0.1, 0.15) is 12.4 Å². The fourth-order valence-electron chi connectivity index (χ4n) is 1.94. The second-order valence-electron chi connectivity index (χ2n) is 4.58. The molecule has 0 saturated carbocycles. The highest BCUT2D eigenvalue weighted by molar-refractivity contribution is 9.08. The largest absolute Gasteiger partial charge is 0.488 e. The first-order valence-corrected chi connectivity index (χ1v) is 7.64. The fourth-order valence-corrected chi connectivity index (χ4v) is 2.68. The van der Waals surface area contributed by atoms with Crippen LogP contribution in [0.3, 0.4) is 0 Å². The molecule has 0 aliphatic rings. The summed E-state index contributed by atoms with van der Waals surface area (Å²) in [6.45, 7) is 4.57. The Bertz CT molecular complexity index is 581. The maximum Gasteiger partial charge on any atom is 0.126 e. The lowest BCUT2D eigenvalue weighted by Gasteiger charge is -2.13. The van der Waals surface area contributed by atoms with Crippen LogP contribution in [0.15, 0.2) is 36.4 Å². The number of ether oxygens (including phenoxy) is 1. The van der Waals surface area contributed by atoms with Crippen LogP contribution in [0.2, 0.25) is 5.02 Å². The Morgan fingerprint density at radius 1 is 1.11 bits per heavy atom. The molecular weight excluding hydrogens is 324 g/mol. The van der Waals surface area contributed by atoms with Crippen LogP contribution >= 0.6 is 27.5 Å². The van der Waals surface area contributed by atoms with E-state index in [9.17, 15) is 0 Å². The molecule has 0 fully saturated rings. The molecule has 100 valence electrons. The first kappa shape index (κ1) is 14.4. The fraction of sp³-hybridized carbons (Fsp3) is 0.250. The zero-order valence-electron chi connectivity index (χ0n) is 11.0. The quantitative estimate of drug-likeness (QED) is 0.675. The van der Waals surface area contributed by atoms with E-state index in [2.05, 4.69) is 35.0 Å². The van der Waals surface area contributed by atoms with Crippen LogP contribution in [-0.2, 0) is 11.9 Å². The van der Waals surface area contributed by atoms with Gasteiger partial charge in [0.25, 0.3) is 0 Å². The maximum atomic E-state index is 6.22. The molecule has 0 aliphatic carbocycles. The number of benzene rings is 2. The van der Waals surface area contributed by atoms with E-state index in [1.165, 1.54) is 0 Å². The molecule has 2 aromatic carbocycles. The van der Waals surface area contributed by atoms with Gasteiger partial charge in [-0.1, -0.05) is 57.9 Å². The Morgan fingerprint density at radius 2 is 1.89 bits per heavy atom. The average Bonchev–Trinajstić information content (AvgIpc) is 2.39. The molecule has 0 amide bonds. The summed E-state index contributed by atoms with van der Waals surface area (Å²) in [5.41, 5.74) is 4.46. The SMILES string of the molecule is Cc1ccc(COc2c(C)cccc2CBr)c(Cl)c1. The normalized spacial score (nSPS) is 10.5. The Kier molecular flexibility index (Phi) is 4.89. The Hall–Kier alpha value is -0.990. The van der Waals surface area contributed by atoms with Crippen LogP contribution in [-0.4, -0.2) is 0 Å². The highest BCUT2D eigenvalue weighted by atomic mass is 79.9. The number of para-hydroxylation sites is 1. The van der Waals surface area contributed by atoms with Gasteiger partial charge in [-0.05, 0) is 31.0 Å². The molecule has 0 bridgehead atoms. The number of halogens is 2. The smallest absolute Gasteiger partial charge is 0.126 e. The summed E-state index contributed by atoms with van der Waals surface area (Å²) in [4.78, 5) is 0. The van der Waals surface area contributed by atoms with E-state index in [1.54, 1.807) is 0 Å². The molecule has 1 nitrogen and oxygen atoms in total. The van der Waals surface area contributed by atoms with Crippen LogP contribution in [0, 0.1) is 13.8 Å². The lowest BCUT2D eigenvalue weighted by molar-refractivity contribution is 0.302. The minimum absolute atomic E-state index is 0.490. The molecule has 3 heteroatoms. The molecule has 0 radical (unpaired) electrons. The maximum absolute atomic E-state index is 6.22. The van der Waals surface area contributed by atoms with Crippen molar-refractivity contribution in [1.82, 2.24) is 0 Å². The summed E-state index contributed by atoms with van der Waals surface area (Å²) in [6.07, 6.45) is 0. The van der Waals surface area contributed by atoms with Gasteiger partial charge in [-0.2, -0.15) is 0 Å². The predicted molar refractivity (Wildman–Crippen MR) is 84.3 cm³/mol. The van der Waals surface area contributed by atoms with Crippen molar-refractivity contribution in [2.45, 2.75) is 25.8 Å². The second kappa shape index (κ2) is 6.44. The van der Waals surface area contributed by atoms with E-state index < -0.39 is 0 Å². The van der Waals surface area contributed by atoms with Crippen molar-refractivity contribution in [3.63, 3.8) is 0 Å². The summed E-state index contributed by atoms with van der Waals surface area (Å²) in [6, 6.07) is 12.2. The molecule has 0 spiro atoms.